The molecule has 0 aromatic carbocycles. The van der Waals surface area contributed by atoms with E-state index in [2.05, 4.69) is 32.2 Å². The highest BCUT2D eigenvalue weighted by Crippen LogP contribution is 2.33. The highest BCUT2D eigenvalue weighted by Gasteiger charge is 2.38. The minimum absolute atomic E-state index is 0.271. The first kappa shape index (κ1) is 11.9. The van der Waals surface area contributed by atoms with Crippen LogP contribution in [0.3, 0.4) is 0 Å². The first-order valence-electron chi connectivity index (χ1n) is 5.38. The Morgan fingerprint density at radius 2 is 2.36 bits per heavy atom. The standard InChI is InChI=1S/C11H20N2S/c1-9(2)7-13-11(8-12)5-4-6-14-10(11)3/h9-10,13H,4-7H2,1-3H3. The second-order valence-electron chi connectivity index (χ2n) is 4.47. The molecule has 80 valence electrons. The van der Waals surface area contributed by atoms with E-state index in [0.717, 1.165) is 19.4 Å². The summed E-state index contributed by atoms with van der Waals surface area (Å²) < 4.78 is 0. The number of nitriles is 1. The molecule has 0 spiro atoms. The molecule has 0 amide bonds. The number of hydrogen-bond acceptors (Lipinski definition) is 3. The van der Waals surface area contributed by atoms with Crippen molar-refractivity contribution in [3.8, 4) is 6.07 Å². The van der Waals surface area contributed by atoms with Crippen LogP contribution in [0.1, 0.15) is 33.6 Å². The third kappa shape index (κ3) is 2.65. The number of rotatable bonds is 3. The molecular formula is C11H20N2S. The number of hydrogen-bond donors (Lipinski definition) is 1. The van der Waals surface area contributed by atoms with E-state index in [1.807, 2.05) is 11.8 Å². The average Bonchev–Trinajstić information content (AvgIpc) is 2.17. The fraction of sp³-hybridized carbons (Fsp3) is 0.909. The van der Waals surface area contributed by atoms with Gasteiger partial charge in [-0.15, -0.1) is 0 Å². The molecule has 1 aliphatic rings. The van der Waals surface area contributed by atoms with Gasteiger partial charge in [-0.25, -0.2) is 0 Å². The molecular weight excluding hydrogens is 192 g/mol. The van der Waals surface area contributed by atoms with Crippen LogP contribution in [0.15, 0.2) is 0 Å². The Morgan fingerprint density at radius 1 is 1.64 bits per heavy atom. The second kappa shape index (κ2) is 5.04. The van der Waals surface area contributed by atoms with Gasteiger partial charge in [-0.2, -0.15) is 17.0 Å². The SMILES string of the molecule is CC(C)CNC1(C#N)CCCSC1C. The second-order valence-corrected chi connectivity index (χ2v) is 5.92. The van der Waals surface area contributed by atoms with E-state index in [0.29, 0.717) is 11.2 Å². The molecule has 3 heteroatoms. The zero-order valence-electron chi connectivity index (χ0n) is 9.34. The number of nitrogens with zero attached hydrogens (tertiary/aromatic N) is 1. The quantitative estimate of drug-likeness (QED) is 0.780. The molecule has 14 heavy (non-hydrogen) atoms. The van der Waals surface area contributed by atoms with Crippen molar-refractivity contribution < 1.29 is 0 Å². The van der Waals surface area contributed by atoms with Gasteiger partial charge in [0.2, 0.25) is 0 Å². The van der Waals surface area contributed by atoms with Gasteiger partial charge in [0.05, 0.1) is 6.07 Å². The van der Waals surface area contributed by atoms with Crippen molar-refractivity contribution in [3.63, 3.8) is 0 Å². The minimum Gasteiger partial charge on any atom is -0.298 e. The molecule has 0 aromatic heterocycles. The lowest BCUT2D eigenvalue weighted by molar-refractivity contribution is 0.350. The van der Waals surface area contributed by atoms with Gasteiger partial charge in [0.15, 0.2) is 0 Å². The first-order chi connectivity index (χ1) is 6.60. The summed E-state index contributed by atoms with van der Waals surface area (Å²) in [7, 11) is 0. The molecule has 2 nitrogen and oxygen atoms in total. The van der Waals surface area contributed by atoms with E-state index in [9.17, 15) is 5.26 Å². The van der Waals surface area contributed by atoms with Crippen LogP contribution in [0.25, 0.3) is 0 Å². The first-order valence-corrected chi connectivity index (χ1v) is 6.43. The Bertz CT molecular complexity index is 222. The topological polar surface area (TPSA) is 35.8 Å². The van der Waals surface area contributed by atoms with Crippen molar-refractivity contribution in [2.75, 3.05) is 12.3 Å². The predicted molar refractivity (Wildman–Crippen MR) is 62.3 cm³/mol. The molecule has 0 aromatic rings. The summed E-state index contributed by atoms with van der Waals surface area (Å²) in [5, 5.41) is 13.2. The van der Waals surface area contributed by atoms with Crippen molar-refractivity contribution in [2.45, 2.75) is 44.4 Å². The Labute approximate surface area is 91.4 Å². The summed E-state index contributed by atoms with van der Waals surface area (Å²) in [4.78, 5) is 0. The van der Waals surface area contributed by atoms with E-state index in [1.165, 1.54) is 5.75 Å². The minimum atomic E-state index is -0.271. The van der Waals surface area contributed by atoms with Crippen LogP contribution in [0.5, 0.6) is 0 Å². The number of thioether (sulfide) groups is 1. The summed E-state index contributed by atoms with van der Waals surface area (Å²) in [5.74, 6) is 1.81. The highest BCUT2D eigenvalue weighted by molar-refractivity contribution is 8.00. The molecule has 0 radical (unpaired) electrons. The van der Waals surface area contributed by atoms with E-state index >= 15 is 0 Å². The van der Waals surface area contributed by atoms with Crippen LogP contribution in [-0.4, -0.2) is 23.1 Å². The fourth-order valence-corrected chi connectivity index (χ4v) is 2.96. The van der Waals surface area contributed by atoms with Crippen LogP contribution >= 0.6 is 11.8 Å². The van der Waals surface area contributed by atoms with Crippen LogP contribution in [0, 0.1) is 17.2 Å². The highest BCUT2D eigenvalue weighted by atomic mass is 32.2. The normalized spacial score (nSPS) is 32.9. The fourth-order valence-electron chi connectivity index (χ4n) is 1.76. The molecule has 0 saturated carbocycles. The largest absolute Gasteiger partial charge is 0.298 e. The molecule has 1 N–H and O–H groups in total. The van der Waals surface area contributed by atoms with Gasteiger partial charge in [0, 0.05) is 5.25 Å². The Hall–Kier alpha value is -0.200. The molecule has 2 atom stereocenters. The Kier molecular flexibility index (Phi) is 4.28. The smallest absolute Gasteiger partial charge is 0.118 e. The summed E-state index contributed by atoms with van der Waals surface area (Å²) in [5.41, 5.74) is -0.271. The maximum Gasteiger partial charge on any atom is 0.118 e. The lowest BCUT2D eigenvalue weighted by Gasteiger charge is -2.37. The zero-order valence-corrected chi connectivity index (χ0v) is 10.2. The zero-order chi connectivity index (χ0) is 10.6. The van der Waals surface area contributed by atoms with Crippen molar-refractivity contribution in [3.05, 3.63) is 0 Å². The van der Waals surface area contributed by atoms with Gasteiger partial charge in [0.1, 0.15) is 5.54 Å². The van der Waals surface area contributed by atoms with Crippen molar-refractivity contribution in [2.24, 2.45) is 5.92 Å². The van der Waals surface area contributed by atoms with Gasteiger partial charge in [-0.05, 0) is 31.1 Å². The molecule has 1 heterocycles. The third-order valence-corrected chi connectivity index (χ3v) is 4.23. The average molecular weight is 212 g/mol. The third-order valence-electron chi connectivity index (χ3n) is 2.80. The lowest BCUT2D eigenvalue weighted by atomic mass is 9.90. The molecule has 1 rings (SSSR count). The van der Waals surface area contributed by atoms with Gasteiger partial charge in [-0.3, -0.25) is 5.32 Å². The Balaban J connectivity index is 2.60. The number of nitrogens with one attached hydrogen (secondary N) is 1. The predicted octanol–water partition coefficient (Wildman–Crippen LogP) is 2.41. The molecule has 1 aliphatic heterocycles. The van der Waals surface area contributed by atoms with Gasteiger partial charge >= 0.3 is 0 Å². The lowest BCUT2D eigenvalue weighted by Crippen LogP contribution is -2.53. The van der Waals surface area contributed by atoms with Crippen LogP contribution < -0.4 is 5.32 Å². The van der Waals surface area contributed by atoms with Crippen LogP contribution in [0.2, 0.25) is 0 Å². The summed E-state index contributed by atoms with van der Waals surface area (Å²) in [6, 6.07) is 2.49. The van der Waals surface area contributed by atoms with E-state index < -0.39 is 0 Å². The maximum absolute atomic E-state index is 9.30. The van der Waals surface area contributed by atoms with Crippen molar-refractivity contribution in [1.29, 1.82) is 5.26 Å². The summed E-state index contributed by atoms with van der Waals surface area (Å²) in [6.07, 6.45) is 2.16. The van der Waals surface area contributed by atoms with Crippen LogP contribution in [-0.2, 0) is 0 Å². The van der Waals surface area contributed by atoms with Gasteiger partial charge in [-0.1, -0.05) is 20.8 Å². The molecule has 0 bridgehead atoms. The van der Waals surface area contributed by atoms with E-state index in [-0.39, 0.29) is 5.54 Å². The van der Waals surface area contributed by atoms with Crippen molar-refractivity contribution in [1.82, 2.24) is 5.32 Å². The molecule has 2 unspecified atom stereocenters. The monoisotopic (exact) mass is 212 g/mol. The maximum atomic E-state index is 9.30. The van der Waals surface area contributed by atoms with E-state index in [1.54, 1.807) is 0 Å². The van der Waals surface area contributed by atoms with Gasteiger partial charge in [0.25, 0.3) is 0 Å². The van der Waals surface area contributed by atoms with E-state index in [4.69, 9.17) is 0 Å². The molecule has 1 fully saturated rings. The Morgan fingerprint density at radius 3 is 2.86 bits per heavy atom. The van der Waals surface area contributed by atoms with Crippen LogP contribution in [0.4, 0.5) is 0 Å². The summed E-state index contributed by atoms with van der Waals surface area (Å²) in [6.45, 7) is 7.47. The van der Waals surface area contributed by atoms with Crippen molar-refractivity contribution >= 4 is 11.8 Å². The van der Waals surface area contributed by atoms with Gasteiger partial charge < -0.3 is 0 Å². The summed E-state index contributed by atoms with van der Waals surface area (Å²) >= 11 is 1.92. The molecule has 1 saturated heterocycles. The molecule has 0 aliphatic carbocycles.